The molecular weight excluding hydrogens is 182 g/mol. The molecule has 0 aliphatic rings. The molecule has 1 rings (SSSR count). The maximum absolute atomic E-state index is 12.6. The first kappa shape index (κ1) is 13.1. The van der Waals surface area contributed by atoms with E-state index in [2.05, 4.69) is 0 Å². The average molecular weight is 200 g/mol. The molecule has 0 nitrogen and oxygen atoms in total. The molecule has 1 aromatic rings. The standard InChI is InChI=1S/C10H12F2.C2H6/c1-7(2)3-8-4-9(11)6-10(12)5-8;1-2/h4-7H,3H2,1-2H3;1-2H3. The van der Waals surface area contributed by atoms with Crippen molar-refractivity contribution in [3.63, 3.8) is 0 Å². The van der Waals surface area contributed by atoms with Gasteiger partial charge in [0.2, 0.25) is 0 Å². The topological polar surface area (TPSA) is 0 Å². The molecule has 0 unspecified atom stereocenters. The molecule has 0 N–H and O–H groups in total. The highest BCUT2D eigenvalue weighted by atomic mass is 19.1. The summed E-state index contributed by atoms with van der Waals surface area (Å²) >= 11 is 0. The summed E-state index contributed by atoms with van der Waals surface area (Å²) in [5.74, 6) is -0.567. The molecule has 0 atom stereocenters. The van der Waals surface area contributed by atoms with Gasteiger partial charge in [-0.1, -0.05) is 27.7 Å². The van der Waals surface area contributed by atoms with Gasteiger partial charge in [-0.2, -0.15) is 0 Å². The third-order valence-corrected chi connectivity index (χ3v) is 1.57. The van der Waals surface area contributed by atoms with Crippen molar-refractivity contribution >= 4 is 0 Å². The van der Waals surface area contributed by atoms with Crippen LogP contribution in [-0.2, 0) is 6.42 Å². The second kappa shape index (κ2) is 6.52. The van der Waals surface area contributed by atoms with Crippen molar-refractivity contribution in [2.45, 2.75) is 34.1 Å². The Morgan fingerprint density at radius 1 is 1.00 bits per heavy atom. The second-order valence-electron chi connectivity index (χ2n) is 3.38. The number of hydrogen-bond acceptors (Lipinski definition) is 0. The molecule has 0 aliphatic carbocycles. The van der Waals surface area contributed by atoms with Gasteiger partial charge in [-0.25, -0.2) is 8.78 Å². The van der Waals surface area contributed by atoms with Gasteiger partial charge in [0.25, 0.3) is 0 Å². The van der Waals surface area contributed by atoms with E-state index in [0.717, 1.165) is 11.6 Å². The minimum atomic E-state index is -0.495. The van der Waals surface area contributed by atoms with Crippen LogP contribution in [0.15, 0.2) is 18.2 Å². The molecule has 0 radical (unpaired) electrons. The van der Waals surface area contributed by atoms with Gasteiger partial charge in [0.15, 0.2) is 0 Å². The fourth-order valence-electron chi connectivity index (χ4n) is 1.20. The first-order valence-electron chi connectivity index (χ1n) is 5.03. The molecule has 0 aromatic heterocycles. The maximum Gasteiger partial charge on any atom is 0.126 e. The summed E-state index contributed by atoms with van der Waals surface area (Å²) in [5.41, 5.74) is 0.725. The van der Waals surface area contributed by atoms with Crippen LogP contribution < -0.4 is 0 Å². The normalized spacial score (nSPS) is 9.64. The Bertz CT molecular complexity index is 247. The average Bonchev–Trinajstić information content (AvgIpc) is 2.04. The lowest BCUT2D eigenvalue weighted by Crippen LogP contribution is -1.95. The van der Waals surface area contributed by atoms with Gasteiger partial charge in [0, 0.05) is 6.07 Å². The molecule has 80 valence electrons. The maximum atomic E-state index is 12.6. The van der Waals surface area contributed by atoms with Crippen LogP contribution in [0.1, 0.15) is 33.3 Å². The number of halogens is 2. The predicted molar refractivity (Wildman–Crippen MR) is 56.2 cm³/mol. The van der Waals surface area contributed by atoms with Gasteiger partial charge < -0.3 is 0 Å². The largest absolute Gasteiger partial charge is 0.207 e. The van der Waals surface area contributed by atoms with Crippen molar-refractivity contribution < 1.29 is 8.78 Å². The van der Waals surface area contributed by atoms with Crippen LogP contribution >= 0.6 is 0 Å². The van der Waals surface area contributed by atoms with Gasteiger partial charge in [0.05, 0.1) is 0 Å². The van der Waals surface area contributed by atoms with E-state index in [-0.39, 0.29) is 0 Å². The van der Waals surface area contributed by atoms with Gasteiger partial charge >= 0.3 is 0 Å². The van der Waals surface area contributed by atoms with Crippen molar-refractivity contribution in [1.82, 2.24) is 0 Å². The lowest BCUT2D eigenvalue weighted by molar-refractivity contribution is 0.571. The minimum absolute atomic E-state index is 0.422. The van der Waals surface area contributed by atoms with Crippen LogP contribution in [0.5, 0.6) is 0 Å². The SMILES string of the molecule is CC.CC(C)Cc1cc(F)cc(F)c1. The Balaban J connectivity index is 0.000000791. The Morgan fingerprint density at radius 2 is 1.43 bits per heavy atom. The summed E-state index contributed by atoms with van der Waals surface area (Å²) in [6.45, 7) is 8.03. The van der Waals surface area contributed by atoms with E-state index >= 15 is 0 Å². The first-order valence-corrected chi connectivity index (χ1v) is 5.03. The van der Waals surface area contributed by atoms with Crippen LogP contribution in [0, 0.1) is 17.6 Å². The van der Waals surface area contributed by atoms with Crippen molar-refractivity contribution in [3.8, 4) is 0 Å². The van der Waals surface area contributed by atoms with Crippen LogP contribution in [0.25, 0.3) is 0 Å². The Kier molecular flexibility index (Phi) is 6.09. The summed E-state index contributed by atoms with van der Waals surface area (Å²) in [7, 11) is 0. The molecule has 0 bridgehead atoms. The summed E-state index contributed by atoms with van der Waals surface area (Å²) in [5, 5.41) is 0. The summed E-state index contributed by atoms with van der Waals surface area (Å²) in [4.78, 5) is 0. The van der Waals surface area contributed by atoms with Crippen molar-refractivity contribution in [1.29, 1.82) is 0 Å². The predicted octanol–water partition coefficient (Wildman–Crippen LogP) is 4.19. The van der Waals surface area contributed by atoms with E-state index in [9.17, 15) is 8.78 Å². The lowest BCUT2D eigenvalue weighted by atomic mass is 10.0. The molecular formula is C12H18F2. The molecule has 0 amide bonds. The van der Waals surface area contributed by atoms with E-state index in [1.807, 2.05) is 27.7 Å². The van der Waals surface area contributed by atoms with Crippen LogP contribution in [0.2, 0.25) is 0 Å². The summed E-state index contributed by atoms with van der Waals surface area (Å²) in [6.07, 6.45) is 0.717. The highest BCUT2D eigenvalue weighted by Crippen LogP contribution is 2.11. The molecule has 0 saturated heterocycles. The fraction of sp³-hybridized carbons (Fsp3) is 0.500. The fourth-order valence-corrected chi connectivity index (χ4v) is 1.20. The van der Waals surface area contributed by atoms with E-state index in [0.29, 0.717) is 12.3 Å². The molecule has 0 fully saturated rings. The lowest BCUT2D eigenvalue weighted by Gasteiger charge is -2.04. The highest BCUT2D eigenvalue weighted by Gasteiger charge is 2.02. The second-order valence-corrected chi connectivity index (χ2v) is 3.38. The monoisotopic (exact) mass is 200 g/mol. The van der Waals surface area contributed by atoms with E-state index < -0.39 is 11.6 Å². The smallest absolute Gasteiger partial charge is 0.126 e. The van der Waals surface area contributed by atoms with Crippen molar-refractivity contribution in [3.05, 3.63) is 35.4 Å². The van der Waals surface area contributed by atoms with Gasteiger partial charge in [-0.3, -0.25) is 0 Å². The highest BCUT2D eigenvalue weighted by molar-refractivity contribution is 5.18. The van der Waals surface area contributed by atoms with Crippen LogP contribution in [0.3, 0.4) is 0 Å². The Hall–Kier alpha value is -0.920. The number of benzene rings is 1. The van der Waals surface area contributed by atoms with Crippen LogP contribution in [-0.4, -0.2) is 0 Å². The molecule has 0 heterocycles. The van der Waals surface area contributed by atoms with Gasteiger partial charge in [-0.05, 0) is 30.0 Å². The Labute approximate surface area is 85.0 Å². The minimum Gasteiger partial charge on any atom is -0.207 e. The van der Waals surface area contributed by atoms with Gasteiger partial charge in [0.1, 0.15) is 11.6 Å². The van der Waals surface area contributed by atoms with Crippen molar-refractivity contribution in [2.75, 3.05) is 0 Å². The number of rotatable bonds is 2. The van der Waals surface area contributed by atoms with E-state index in [4.69, 9.17) is 0 Å². The first-order chi connectivity index (χ1) is 6.58. The zero-order chi connectivity index (χ0) is 11.1. The molecule has 0 saturated carbocycles. The molecule has 14 heavy (non-hydrogen) atoms. The van der Waals surface area contributed by atoms with E-state index in [1.54, 1.807) is 0 Å². The summed E-state index contributed by atoms with van der Waals surface area (Å²) in [6, 6.07) is 3.65. The van der Waals surface area contributed by atoms with E-state index in [1.165, 1.54) is 12.1 Å². The number of hydrogen-bond donors (Lipinski definition) is 0. The molecule has 2 heteroatoms. The third-order valence-electron chi connectivity index (χ3n) is 1.57. The Morgan fingerprint density at radius 3 is 1.79 bits per heavy atom. The molecule has 1 aromatic carbocycles. The zero-order valence-corrected chi connectivity index (χ0v) is 9.27. The summed E-state index contributed by atoms with van der Waals surface area (Å²) < 4.78 is 25.3. The zero-order valence-electron chi connectivity index (χ0n) is 9.27. The third kappa shape index (κ3) is 4.95. The van der Waals surface area contributed by atoms with Crippen LogP contribution in [0.4, 0.5) is 8.78 Å². The molecule has 0 aliphatic heterocycles. The van der Waals surface area contributed by atoms with Crippen molar-refractivity contribution in [2.24, 2.45) is 5.92 Å². The quantitative estimate of drug-likeness (QED) is 0.671. The molecule has 0 spiro atoms. The van der Waals surface area contributed by atoms with Gasteiger partial charge in [-0.15, -0.1) is 0 Å².